The molecule has 0 spiro atoms. The molecule has 0 saturated heterocycles. The van der Waals surface area contributed by atoms with Gasteiger partial charge in [-0.3, -0.25) is 47.8 Å². The Kier molecular flexibility index (Phi) is 16.0. The summed E-state index contributed by atoms with van der Waals surface area (Å²) in [6.07, 6.45) is 1.58. The number of anilines is 4. The number of fused-ring (bicyclic) bond motifs is 2. The highest BCUT2D eigenvalue weighted by Crippen LogP contribution is 2.34. The van der Waals surface area contributed by atoms with Crippen LogP contribution in [-0.4, -0.2) is 107 Å². The molecule has 0 unspecified atom stereocenters. The van der Waals surface area contributed by atoms with Crippen LogP contribution in [0.15, 0.2) is 181 Å². The molecule has 0 heterocycles. The zero-order valence-corrected chi connectivity index (χ0v) is 45.0. The number of amides is 2. The Bertz CT molecular complexity index is 4370. The van der Waals surface area contributed by atoms with Crippen LogP contribution >= 0.6 is 0 Å². The Morgan fingerprint density at radius 1 is 0.378 bits per heavy atom. The molecule has 6 aromatic carbocycles. The van der Waals surface area contributed by atoms with Crippen LogP contribution in [-0.2, 0) is 60.7 Å². The Hall–Kier alpha value is -8.99. The van der Waals surface area contributed by atoms with Crippen molar-refractivity contribution in [2.24, 2.45) is 30.7 Å². The number of carbonyl (C=O) groups excluding carboxylic acids is 3. The maximum atomic E-state index is 13.7. The van der Waals surface area contributed by atoms with Gasteiger partial charge in [0.2, 0.25) is 11.6 Å². The fraction of sp³-hybridized carbons (Fsp3) is 0. The van der Waals surface area contributed by atoms with E-state index in [1.165, 1.54) is 12.1 Å². The molecule has 0 saturated carbocycles. The van der Waals surface area contributed by atoms with Crippen molar-refractivity contribution in [2.75, 3.05) is 21.5 Å². The summed E-state index contributed by atoms with van der Waals surface area (Å²) in [6.45, 7) is 0. The summed E-state index contributed by atoms with van der Waals surface area (Å²) < 4.78 is 204. The number of hydrogen-bond acceptors (Lipinski definition) is 23. The SMILES string of the molecule is O=C(Nc1ccc2c(c1)C=C(S(=O)(=O)O)/C(=N\Nc1ccc(N=Nc3ccc(S(=O)(=O)O)cc3)cc1S(=O)(=O)O)C2=O)Nc1ccc2c(c1)C=C(S(=O)(=O)O)/C(=N\Nc1ccc(N=Nc3ccc(S(=O)(=O)O)cc3)cc1S(=O)(=O)O)C2=O. The van der Waals surface area contributed by atoms with E-state index in [0.717, 1.165) is 121 Å². The van der Waals surface area contributed by atoms with Crippen LogP contribution < -0.4 is 21.5 Å². The number of nitrogens with one attached hydrogen (secondary N) is 4. The van der Waals surface area contributed by atoms with Crippen molar-refractivity contribution in [3.8, 4) is 0 Å². The molecule has 2 aliphatic rings. The van der Waals surface area contributed by atoms with Gasteiger partial charge in [-0.15, -0.1) is 0 Å². The number of rotatable bonds is 16. The zero-order chi connectivity index (χ0) is 59.9. The molecule has 31 nitrogen and oxygen atoms in total. The highest BCUT2D eigenvalue weighted by atomic mass is 32.2. The smallest absolute Gasteiger partial charge is 0.308 e. The van der Waals surface area contributed by atoms with E-state index in [4.69, 9.17) is 9.11 Å². The van der Waals surface area contributed by atoms with E-state index in [9.17, 15) is 83.1 Å². The van der Waals surface area contributed by atoms with E-state index in [0.29, 0.717) is 0 Å². The normalized spacial score (nSPS) is 15.2. The van der Waals surface area contributed by atoms with Crippen LogP contribution in [0.5, 0.6) is 0 Å². The summed E-state index contributed by atoms with van der Waals surface area (Å²) in [5.41, 5.74) is -0.0489. The number of ketones is 2. The summed E-state index contributed by atoms with van der Waals surface area (Å²) >= 11 is 0. The van der Waals surface area contributed by atoms with Crippen LogP contribution in [0.2, 0.25) is 0 Å². The second-order valence-electron chi connectivity index (χ2n) is 16.6. The summed E-state index contributed by atoms with van der Waals surface area (Å²) in [7, 11) is -29.9. The zero-order valence-electron chi connectivity index (χ0n) is 40.1. The third-order valence-electron chi connectivity index (χ3n) is 11.0. The third kappa shape index (κ3) is 13.8. The largest absolute Gasteiger partial charge is 0.323 e. The van der Waals surface area contributed by atoms with Gasteiger partial charge in [-0.1, -0.05) is 0 Å². The van der Waals surface area contributed by atoms with Crippen LogP contribution in [0.3, 0.4) is 0 Å². The fourth-order valence-electron chi connectivity index (χ4n) is 7.32. The second-order valence-corrected chi connectivity index (χ2v) is 25.0. The van der Waals surface area contributed by atoms with Gasteiger partial charge in [0.05, 0.1) is 43.9 Å². The minimum Gasteiger partial charge on any atom is -0.308 e. The molecule has 6 aromatic rings. The third-order valence-corrected chi connectivity index (χ3v) is 16.3. The predicted octanol–water partition coefficient (Wildman–Crippen LogP) is 6.93. The van der Waals surface area contributed by atoms with Crippen LogP contribution in [0.1, 0.15) is 31.8 Å². The number of hydrogen-bond donors (Lipinski definition) is 10. The second kappa shape index (κ2) is 22.2. The fourth-order valence-corrected chi connectivity index (χ4v) is 10.9. The molecule has 0 atom stereocenters. The van der Waals surface area contributed by atoms with Crippen molar-refractivity contribution < 1.29 is 92.2 Å². The number of carbonyl (C=O) groups is 3. The monoisotopic (exact) mass is 1240 g/mol. The molecule has 82 heavy (non-hydrogen) atoms. The van der Waals surface area contributed by atoms with E-state index in [2.05, 4.69) is 52.1 Å². The van der Waals surface area contributed by atoms with Crippen LogP contribution in [0, 0.1) is 0 Å². The minimum absolute atomic E-state index is 0.0537. The molecule has 8 rings (SSSR count). The lowest BCUT2D eigenvalue weighted by Crippen LogP contribution is -2.28. The van der Waals surface area contributed by atoms with Crippen LogP contribution in [0.4, 0.5) is 50.3 Å². The van der Waals surface area contributed by atoms with Gasteiger partial charge >= 0.3 is 6.03 Å². The summed E-state index contributed by atoms with van der Waals surface area (Å²) in [5, 5.41) is 27.6. The highest BCUT2D eigenvalue weighted by molar-refractivity contribution is 7.91. The van der Waals surface area contributed by atoms with E-state index in [1.807, 2.05) is 0 Å². The van der Waals surface area contributed by atoms with Crippen molar-refractivity contribution in [3.63, 3.8) is 0 Å². The molecule has 0 radical (unpaired) electrons. The van der Waals surface area contributed by atoms with E-state index in [1.54, 1.807) is 0 Å². The number of hydrazone groups is 2. The van der Waals surface area contributed by atoms with Crippen molar-refractivity contribution in [1.29, 1.82) is 0 Å². The average molecular weight is 1240 g/mol. The molecule has 0 bridgehead atoms. The molecule has 0 fully saturated rings. The molecule has 2 aliphatic carbocycles. The summed E-state index contributed by atoms with van der Waals surface area (Å²) in [4.78, 5) is 35.8. The lowest BCUT2D eigenvalue weighted by atomic mass is 9.94. The van der Waals surface area contributed by atoms with Crippen molar-refractivity contribution in [2.45, 2.75) is 19.6 Å². The first-order valence-corrected chi connectivity index (χ1v) is 30.5. The average Bonchev–Trinajstić information content (AvgIpc) is 3.57. The maximum Gasteiger partial charge on any atom is 0.323 e. The van der Waals surface area contributed by atoms with E-state index in [-0.39, 0.29) is 56.4 Å². The van der Waals surface area contributed by atoms with Crippen molar-refractivity contribution in [1.82, 2.24) is 0 Å². The number of allylic oxidation sites excluding steroid dienone is 2. The number of benzene rings is 6. The number of Topliss-reactive ketones (excluding diaryl/α,β-unsaturated/α-hetero) is 2. The van der Waals surface area contributed by atoms with Gasteiger partial charge in [0.25, 0.3) is 60.7 Å². The van der Waals surface area contributed by atoms with Gasteiger partial charge in [0.1, 0.15) is 19.6 Å². The number of azo groups is 2. The first kappa shape index (κ1) is 59.1. The van der Waals surface area contributed by atoms with Crippen molar-refractivity contribution >= 4 is 147 Å². The maximum absolute atomic E-state index is 13.7. The Balaban J connectivity index is 0.981. The lowest BCUT2D eigenvalue weighted by Gasteiger charge is -2.18. The Labute approximate surface area is 462 Å². The van der Waals surface area contributed by atoms with Gasteiger partial charge in [-0.05, 0) is 145 Å². The Morgan fingerprint density at radius 3 is 1.02 bits per heavy atom. The first-order valence-electron chi connectivity index (χ1n) is 21.9. The van der Waals surface area contributed by atoms with Gasteiger partial charge < -0.3 is 10.6 Å². The van der Waals surface area contributed by atoms with Crippen molar-refractivity contribution in [3.05, 3.63) is 153 Å². The van der Waals surface area contributed by atoms with E-state index < -0.39 is 130 Å². The van der Waals surface area contributed by atoms with Gasteiger partial charge in [0, 0.05) is 22.5 Å². The molecule has 2 amide bonds. The molecule has 37 heteroatoms. The highest BCUT2D eigenvalue weighted by Gasteiger charge is 2.35. The molecule has 10 N–H and O–H groups in total. The number of urea groups is 1. The van der Waals surface area contributed by atoms with E-state index >= 15 is 0 Å². The van der Waals surface area contributed by atoms with Gasteiger partial charge in [-0.25, -0.2) is 4.79 Å². The topological polar surface area (TPSA) is 500 Å². The predicted molar refractivity (Wildman–Crippen MR) is 289 cm³/mol. The molecule has 0 aromatic heterocycles. The summed E-state index contributed by atoms with van der Waals surface area (Å²) in [6, 6.07) is 20.4. The minimum atomic E-state index is -5.31. The quantitative estimate of drug-likeness (QED) is 0.0266. The van der Waals surface area contributed by atoms with Gasteiger partial charge in [-0.2, -0.15) is 81.2 Å². The standard InChI is InChI=1S/C45H32N10O21S6/c56-43-33-13-5-27(17-23(33)19-39(81(71,72)73)41(43)54-52-35-15-7-29(21-37(35)79(65,66)67)50-48-25-1-9-31(10-2-25)77(59,60)61)46-45(58)47-28-6-14-34-24(18-28)20-40(82(74,75)76)42(44(34)57)55-53-36-16-8-30(22-38(36)80(68,69)70)51-49-26-3-11-32(12-4-26)78(62,63)64/h1-22,52-53H,(H2,46,47,58)(H,59,60,61)(H,62,63,64)(H,65,66,67)(H,68,69,70)(H,71,72,73)(H,74,75,76)/b50-48?,51-49?,54-41+,55-42+. The molecule has 0 aliphatic heterocycles. The number of nitrogens with zero attached hydrogens (tertiary/aromatic N) is 6. The summed E-state index contributed by atoms with van der Waals surface area (Å²) in [5.74, 6) is -2.30. The first-order chi connectivity index (χ1) is 38.1. The molecule has 424 valence electrons. The van der Waals surface area contributed by atoms with Gasteiger partial charge in [0.15, 0.2) is 11.4 Å². The Morgan fingerprint density at radius 2 is 0.707 bits per heavy atom. The molecular formula is C45H32N10O21S6. The lowest BCUT2D eigenvalue weighted by molar-refractivity contribution is 0.105. The molecular weight excluding hydrogens is 1210 g/mol. The van der Waals surface area contributed by atoms with Crippen LogP contribution in [0.25, 0.3) is 12.2 Å².